The lowest BCUT2D eigenvalue weighted by atomic mass is 9.99. The Hall–Kier alpha value is -2.69. The number of fused-ring (bicyclic) bond motifs is 1. The number of pyridine rings is 1. The molecule has 0 aliphatic carbocycles. The Bertz CT molecular complexity index is 889. The molecule has 0 saturated heterocycles. The number of unbranched alkanes of at least 4 members (excludes halogenated alkanes) is 11. The summed E-state index contributed by atoms with van der Waals surface area (Å²) < 4.78 is 0. The Kier molecular flexibility index (Phi) is 13.7. The highest BCUT2D eigenvalue weighted by Crippen LogP contribution is 2.24. The molecule has 0 aliphatic rings. The van der Waals surface area contributed by atoms with Gasteiger partial charge in [0.05, 0.1) is 18.0 Å². The van der Waals surface area contributed by atoms with Crippen LogP contribution in [0.2, 0.25) is 0 Å². The van der Waals surface area contributed by atoms with Gasteiger partial charge < -0.3 is 10.4 Å². The van der Waals surface area contributed by atoms with E-state index in [1.165, 1.54) is 64.2 Å². The van der Waals surface area contributed by atoms with Gasteiger partial charge in [-0.3, -0.25) is 14.6 Å². The minimum Gasteiger partial charge on any atom is -0.481 e. The number of carboxylic acids is 1. The smallest absolute Gasteiger partial charge is 0.304 e. The van der Waals surface area contributed by atoms with Gasteiger partial charge >= 0.3 is 5.97 Å². The number of carbonyl (C=O) groups is 2. The molecule has 186 valence electrons. The van der Waals surface area contributed by atoms with Crippen LogP contribution in [-0.4, -0.2) is 22.0 Å². The molecule has 0 aliphatic heterocycles. The van der Waals surface area contributed by atoms with Crippen LogP contribution in [0.4, 0.5) is 5.69 Å². The molecule has 2 aromatic rings. The van der Waals surface area contributed by atoms with Crippen LogP contribution in [0, 0.1) is 5.92 Å². The van der Waals surface area contributed by atoms with Crippen LogP contribution < -0.4 is 5.32 Å². The highest BCUT2D eigenvalue weighted by atomic mass is 16.4. The van der Waals surface area contributed by atoms with Crippen molar-refractivity contribution < 1.29 is 14.7 Å². The molecule has 1 amide bonds. The summed E-state index contributed by atoms with van der Waals surface area (Å²) in [5.74, 6) is -1.82. The predicted octanol–water partition coefficient (Wildman–Crippen LogP) is 7.91. The largest absolute Gasteiger partial charge is 0.481 e. The number of allylic oxidation sites excluding steroid dienone is 2. The lowest BCUT2D eigenvalue weighted by molar-refractivity contribution is -0.140. The first kappa shape index (κ1) is 27.6. The van der Waals surface area contributed by atoms with E-state index >= 15 is 0 Å². The average molecular weight is 467 g/mol. The molecule has 0 fully saturated rings. The van der Waals surface area contributed by atoms with Gasteiger partial charge in [0.1, 0.15) is 0 Å². The van der Waals surface area contributed by atoms with Crippen LogP contribution in [0.5, 0.6) is 0 Å². The molecular formula is C29H42N2O3. The van der Waals surface area contributed by atoms with E-state index in [9.17, 15) is 14.7 Å². The van der Waals surface area contributed by atoms with E-state index in [0.717, 1.165) is 23.6 Å². The highest BCUT2D eigenvalue weighted by Gasteiger charge is 2.21. The van der Waals surface area contributed by atoms with Crippen LogP contribution in [-0.2, 0) is 9.59 Å². The van der Waals surface area contributed by atoms with Crippen LogP contribution >= 0.6 is 0 Å². The fourth-order valence-electron chi connectivity index (χ4n) is 4.26. The van der Waals surface area contributed by atoms with E-state index < -0.39 is 11.9 Å². The predicted molar refractivity (Wildman–Crippen MR) is 141 cm³/mol. The van der Waals surface area contributed by atoms with Gasteiger partial charge in [0.25, 0.3) is 0 Å². The van der Waals surface area contributed by atoms with Crippen LogP contribution in [0.1, 0.15) is 96.8 Å². The lowest BCUT2D eigenvalue weighted by Crippen LogP contribution is -2.25. The number of hydrogen-bond acceptors (Lipinski definition) is 3. The van der Waals surface area contributed by atoms with E-state index in [0.29, 0.717) is 12.1 Å². The number of rotatable bonds is 18. The zero-order chi connectivity index (χ0) is 24.4. The molecule has 0 radical (unpaired) electrons. The Labute approximate surface area is 205 Å². The van der Waals surface area contributed by atoms with Gasteiger partial charge in [-0.15, -0.1) is 0 Å². The molecule has 0 unspecified atom stereocenters. The lowest BCUT2D eigenvalue weighted by Gasteiger charge is -2.14. The number of aromatic nitrogens is 1. The monoisotopic (exact) mass is 466 g/mol. The molecule has 0 spiro atoms. The zero-order valence-corrected chi connectivity index (χ0v) is 20.8. The number of carbonyl (C=O) groups excluding carboxylic acids is 1. The van der Waals surface area contributed by atoms with Gasteiger partial charge in [-0.05, 0) is 36.8 Å². The molecule has 2 rings (SSSR count). The van der Waals surface area contributed by atoms with Gasteiger partial charge in [-0.2, -0.15) is 0 Å². The Morgan fingerprint density at radius 1 is 0.941 bits per heavy atom. The summed E-state index contributed by atoms with van der Waals surface area (Å²) >= 11 is 0. The Morgan fingerprint density at radius 3 is 2.29 bits per heavy atom. The normalized spacial score (nSPS) is 12.3. The van der Waals surface area contributed by atoms with Gasteiger partial charge in [-0.25, -0.2) is 0 Å². The van der Waals surface area contributed by atoms with Crippen LogP contribution in [0.25, 0.3) is 10.8 Å². The van der Waals surface area contributed by atoms with Crippen molar-refractivity contribution in [3.8, 4) is 0 Å². The number of hydrogen-bond donors (Lipinski definition) is 2. The van der Waals surface area contributed by atoms with Crippen LogP contribution in [0.3, 0.4) is 0 Å². The van der Waals surface area contributed by atoms with Crippen LogP contribution in [0.15, 0.2) is 48.8 Å². The quantitative estimate of drug-likeness (QED) is 0.173. The van der Waals surface area contributed by atoms with Crippen molar-refractivity contribution in [1.29, 1.82) is 0 Å². The molecule has 5 nitrogen and oxygen atoms in total. The van der Waals surface area contributed by atoms with Gasteiger partial charge in [0.2, 0.25) is 5.91 Å². The number of anilines is 1. The third-order valence-electron chi connectivity index (χ3n) is 6.29. The fraction of sp³-hybridized carbons (Fsp3) is 0.552. The molecular weight excluding hydrogens is 424 g/mol. The summed E-state index contributed by atoms with van der Waals surface area (Å²) in [6.45, 7) is 2.26. The minimum atomic E-state index is -0.960. The summed E-state index contributed by atoms with van der Waals surface area (Å²) in [4.78, 5) is 28.3. The Morgan fingerprint density at radius 2 is 1.62 bits per heavy atom. The van der Waals surface area contributed by atoms with Crippen molar-refractivity contribution >= 4 is 28.3 Å². The third kappa shape index (κ3) is 11.0. The first-order valence-electron chi connectivity index (χ1n) is 13.1. The first-order chi connectivity index (χ1) is 16.6. The standard InChI is InChI=1S/C29H42N2O3/c1-2-3-4-5-6-7-8-9-10-11-12-13-14-15-17-25(22-28(32)33)29(34)31-27-19-16-18-24-20-21-30-23-26(24)27/h14-16,18-21,23,25H,2-13,17,22H2,1H3,(H,31,34)(H,32,33)/b15-14+/t25-/m0/s1. The molecule has 1 aromatic carbocycles. The van der Waals surface area contributed by atoms with Crippen molar-refractivity contribution in [2.45, 2.75) is 96.8 Å². The van der Waals surface area contributed by atoms with Gasteiger partial charge in [-0.1, -0.05) is 95.4 Å². The highest BCUT2D eigenvalue weighted by molar-refractivity contribution is 6.03. The molecule has 1 atom stereocenters. The molecule has 5 heteroatoms. The van der Waals surface area contributed by atoms with Crippen molar-refractivity contribution in [3.63, 3.8) is 0 Å². The van der Waals surface area contributed by atoms with E-state index in [2.05, 4.69) is 23.3 Å². The average Bonchev–Trinajstić information content (AvgIpc) is 2.83. The van der Waals surface area contributed by atoms with E-state index in [1.54, 1.807) is 12.4 Å². The summed E-state index contributed by atoms with van der Waals surface area (Å²) in [5, 5.41) is 14.0. The number of aliphatic carboxylic acids is 1. The second-order valence-corrected chi connectivity index (χ2v) is 9.22. The second kappa shape index (κ2) is 16.9. The molecule has 34 heavy (non-hydrogen) atoms. The maximum absolute atomic E-state index is 12.8. The van der Waals surface area contributed by atoms with E-state index in [4.69, 9.17) is 0 Å². The third-order valence-corrected chi connectivity index (χ3v) is 6.29. The van der Waals surface area contributed by atoms with Crippen molar-refractivity contribution in [2.24, 2.45) is 5.92 Å². The SMILES string of the molecule is CCCCCCCCCCCCC/C=C/C[C@@H](CC(=O)O)C(=O)Nc1cccc2ccncc12. The van der Waals surface area contributed by atoms with E-state index in [1.807, 2.05) is 30.3 Å². The van der Waals surface area contributed by atoms with Crippen molar-refractivity contribution in [1.82, 2.24) is 4.98 Å². The maximum atomic E-state index is 12.8. The number of amides is 1. The number of nitrogens with one attached hydrogen (secondary N) is 1. The molecule has 1 aromatic heterocycles. The first-order valence-corrected chi connectivity index (χ1v) is 13.1. The number of carboxylic acid groups (broad SMARTS) is 1. The fourth-order valence-corrected chi connectivity index (χ4v) is 4.26. The molecule has 2 N–H and O–H groups in total. The summed E-state index contributed by atoms with van der Waals surface area (Å²) in [7, 11) is 0. The molecule has 0 bridgehead atoms. The topological polar surface area (TPSA) is 79.3 Å². The number of nitrogens with zero attached hydrogens (tertiary/aromatic N) is 1. The minimum absolute atomic E-state index is 0.183. The Balaban J connectivity index is 1.67. The van der Waals surface area contributed by atoms with Crippen molar-refractivity contribution in [3.05, 3.63) is 48.8 Å². The summed E-state index contributed by atoms with van der Waals surface area (Å²) in [6.07, 6.45) is 23.2. The van der Waals surface area contributed by atoms with Gasteiger partial charge in [0, 0.05) is 17.8 Å². The van der Waals surface area contributed by atoms with E-state index in [-0.39, 0.29) is 12.3 Å². The maximum Gasteiger partial charge on any atom is 0.304 e. The van der Waals surface area contributed by atoms with Crippen molar-refractivity contribution in [2.75, 3.05) is 5.32 Å². The summed E-state index contributed by atoms with van der Waals surface area (Å²) in [6, 6.07) is 7.54. The molecule has 1 heterocycles. The molecule has 0 saturated carbocycles. The second-order valence-electron chi connectivity index (χ2n) is 9.22. The zero-order valence-electron chi connectivity index (χ0n) is 20.8. The van der Waals surface area contributed by atoms with Gasteiger partial charge in [0.15, 0.2) is 0 Å². The summed E-state index contributed by atoms with van der Waals surface area (Å²) in [5.41, 5.74) is 0.663. The number of benzene rings is 1.